The molecule has 1 fully saturated rings. The van der Waals surface area contributed by atoms with E-state index in [1.807, 2.05) is 0 Å². The summed E-state index contributed by atoms with van der Waals surface area (Å²) in [5.74, 6) is -0.322. The van der Waals surface area contributed by atoms with Gasteiger partial charge in [-0.15, -0.1) is 0 Å². The Labute approximate surface area is 83.0 Å². The van der Waals surface area contributed by atoms with E-state index in [0.717, 1.165) is 0 Å². The number of hydrogen-bond donors (Lipinski definition) is 1. The molecular weight excluding hydrogens is 180 g/mol. The molecule has 1 aliphatic carbocycles. The molecule has 0 aromatic rings. The van der Waals surface area contributed by atoms with Crippen LogP contribution in [0.4, 0.5) is 0 Å². The molecule has 1 aliphatic heterocycles. The molecule has 0 spiro atoms. The summed E-state index contributed by atoms with van der Waals surface area (Å²) in [6.07, 6.45) is 3.85. The average Bonchev–Trinajstić information content (AvgIpc) is 2.90. The molecule has 1 heterocycles. The average molecular weight is 194 g/mol. The van der Waals surface area contributed by atoms with Gasteiger partial charge in [0, 0.05) is 30.8 Å². The highest BCUT2D eigenvalue weighted by Gasteiger charge is 2.28. The van der Waals surface area contributed by atoms with Crippen LogP contribution in [0.2, 0.25) is 0 Å². The SMILES string of the molecule is CC1=CC(=O)N(CCNC2CC2)C1=O. The summed E-state index contributed by atoms with van der Waals surface area (Å²) in [6, 6.07) is 0.622. The zero-order chi connectivity index (χ0) is 10.1. The highest BCUT2D eigenvalue weighted by Crippen LogP contribution is 2.18. The van der Waals surface area contributed by atoms with Gasteiger partial charge in [0.05, 0.1) is 0 Å². The Bertz CT molecular complexity index is 305. The molecule has 0 aromatic carbocycles. The second kappa shape index (κ2) is 3.53. The maximum Gasteiger partial charge on any atom is 0.256 e. The lowest BCUT2D eigenvalue weighted by molar-refractivity contribution is -0.137. The van der Waals surface area contributed by atoms with Gasteiger partial charge < -0.3 is 5.32 Å². The van der Waals surface area contributed by atoms with Crippen LogP contribution in [-0.4, -0.2) is 35.8 Å². The first-order chi connectivity index (χ1) is 6.68. The summed E-state index contributed by atoms with van der Waals surface area (Å²) >= 11 is 0. The first kappa shape index (κ1) is 9.40. The van der Waals surface area contributed by atoms with Crippen LogP contribution in [0.25, 0.3) is 0 Å². The van der Waals surface area contributed by atoms with Crippen molar-refractivity contribution in [2.24, 2.45) is 0 Å². The fourth-order valence-corrected chi connectivity index (χ4v) is 1.52. The standard InChI is InChI=1S/C10H14N2O2/c1-7-6-9(13)12(10(7)14)5-4-11-8-2-3-8/h6,8,11H,2-5H2,1H3. The van der Waals surface area contributed by atoms with Crippen molar-refractivity contribution in [3.63, 3.8) is 0 Å². The third-order valence-electron chi connectivity index (χ3n) is 2.53. The Morgan fingerprint density at radius 1 is 1.50 bits per heavy atom. The van der Waals surface area contributed by atoms with Gasteiger partial charge in [-0.3, -0.25) is 14.5 Å². The predicted octanol–water partition coefficient (Wildman–Crippen LogP) is 0.0535. The van der Waals surface area contributed by atoms with Crippen LogP contribution in [0.5, 0.6) is 0 Å². The Hall–Kier alpha value is -1.16. The molecule has 2 aliphatic rings. The minimum Gasteiger partial charge on any atom is -0.312 e. The van der Waals surface area contributed by atoms with Crippen molar-refractivity contribution < 1.29 is 9.59 Å². The number of rotatable bonds is 4. The molecule has 1 saturated carbocycles. The molecule has 1 N–H and O–H groups in total. The fraction of sp³-hybridized carbons (Fsp3) is 0.600. The molecule has 2 rings (SSSR count). The maximum absolute atomic E-state index is 11.4. The highest BCUT2D eigenvalue weighted by atomic mass is 16.2. The largest absolute Gasteiger partial charge is 0.312 e. The van der Waals surface area contributed by atoms with Gasteiger partial charge in [0.2, 0.25) is 0 Å². The summed E-state index contributed by atoms with van der Waals surface area (Å²) in [6.45, 7) is 2.87. The minimum absolute atomic E-state index is 0.146. The molecule has 0 bridgehead atoms. The molecule has 76 valence electrons. The summed E-state index contributed by atoms with van der Waals surface area (Å²) in [5, 5.41) is 3.27. The Balaban J connectivity index is 1.80. The summed E-state index contributed by atoms with van der Waals surface area (Å²) < 4.78 is 0. The van der Waals surface area contributed by atoms with Crippen molar-refractivity contribution in [3.8, 4) is 0 Å². The molecule has 0 radical (unpaired) electrons. The maximum atomic E-state index is 11.4. The topological polar surface area (TPSA) is 49.4 Å². The molecule has 2 amide bonds. The van der Waals surface area contributed by atoms with Crippen molar-refractivity contribution in [3.05, 3.63) is 11.6 Å². The highest BCUT2D eigenvalue weighted by molar-refractivity contribution is 6.15. The summed E-state index contributed by atoms with van der Waals surface area (Å²) in [7, 11) is 0. The van der Waals surface area contributed by atoms with E-state index in [2.05, 4.69) is 5.32 Å². The number of hydrogen-bond acceptors (Lipinski definition) is 3. The second-order valence-corrected chi connectivity index (χ2v) is 3.85. The van der Waals surface area contributed by atoms with Crippen LogP contribution >= 0.6 is 0 Å². The lowest BCUT2D eigenvalue weighted by atomic mass is 10.3. The van der Waals surface area contributed by atoms with Crippen LogP contribution in [0.1, 0.15) is 19.8 Å². The van der Waals surface area contributed by atoms with Gasteiger partial charge >= 0.3 is 0 Å². The minimum atomic E-state index is -0.176. The van der Waals surface area contributed by atoms with E-state index in [1.165, 1.54) is 23.8 Å². The summed E-state index contributed by atoms with van der Waals surface area (Å²) in [4.78, 5) is 24.0. The number of nitrogens with one attached hydrogen (secondary N) is 1. The van der Waals surface area contributed by atoms with Crippen LogP contribution in [0.3, 0.4) is 0 Å². The molecule has 0 saturated heterocycles. The van der Waals surface area contributed by atoms with Crippen molar-refractivity contribution >= 4 is 11.8 Å². The van der Waals surface area contributed by atoms with E-state index in [-0.39, 0.29) is 11.8 Å². The van der Waals surface area contributed by atoms with E-state index >= 15 is 0 Å². The van der Waals surface area contributed by atoms with Gasteiger partial charge in [-0.2, -0.15) is 0 Å². The van der Waals surface area contributed by atoms with Gasteiger partial charge in [-0.05, 0) is 19.8 Å². The number of carbonyl (C=O) groups is 2. The van der Waals surface area contributed by atoms with Crippen molar-refractivity contribution in [2.45, 2.75) is 25.8 Å². The van der Waals surface area contributed by atoms with Gasteiger partial charge in [0.1, 0.15) is 0 Å². The first-order valence-corrected chi connectivity index (χ1v) is 4.96. The zero-order valence-corrected chi connectivity index (χ0v) is 8.25. The van der Waals surface area contributed by atoms with E-state index in [9.17, 15) is 9.59 Å². The Morgan fingerprint density at radius 3 is 2.71 bits per heavy atom. The molecule has 4 nitrogen and oxygen atoms in total. The molecule has 14 heavy (non-hydrogen) atoms. The van der Waals surface area contributed by atoms with Gasteiger partial charge in [-0.1, -0.05) is 0 Å². The third-order valence-corrected chi connectivity index (χ3v) is 2.53. The second-order valence-electron chi connectivity index (χ2n) is 3.85. The molecule has 4 heteroatoms. The molecule has 0 unspecified atom stereocenters. The number of amides is 2. The van der Waals surface area contributed by atoms with E-state index < -0.39 is 0 Å². The predicted molar refractivity (Wildman–Crippen MR) is 51.5 cm³/mol. The third kappa shape index (κ3) is 1.85. The van der Waals surface area contributed by atoms with Crippen molar-refractivity contribution in [1.29, 1.82) is 0 Å². The normalized spacial score (nSPS) is 21.8. The lowest BCUT2D eigenvalue weighted by Gasteiger charge is -2.14. The van der Waals surface area contributed by atoms with Gasteiger partial charge in [-0.25, -0.2) is 0 Å². The Kier molecular flexibility index (Phi) is 2.37. The quantitative estimate of drug-likeness (QED) is 0.643. The van der Waals surface area contributed by atoms with E-state index in [4.69, 9.17) is 0 Å². The van der Waals surface area contributed by atoms with E-state index in [0.29, 0.717) is 24.7 Å². The molecule has 0 atom stereocenters. The van der Waals surface area contributed by atoms with Gasteiger partial charge in [0.25, 0.3) is 11.8 Å². The van der Waals surface area contributed by atoms with Crippen LogP contribution in [0, 0.1) is 0 Å². The number of nitrogens with zero attached hydrogens (tertiary/aromatic N) is 1. The fourth-order valence-electron chi connectivity index (χ4n) is 1.52. The van der Waals surface area contributed by atoms with Crippen molar-refractivity contribution in [1.82, 2.24) is 10.2 Å². The summed E-state index contributed by atoms with van der Waals surface area (Å²) in [5.41, 5.74) is 0.543. The number of carbonyl (C=O) groups excluding carboxylic acids is 2. The Morgan fingerprint density at radius 2 is 2.21 bits per heavy atom. The molecule has 0 aromatic heterocycles. The van der Waals surface area contributed by atoms with E-state index in [1.54, 1.807) is 6.92 Å². The zero-order valence-electron chi connectivity index (χ0n) is 8.25. The number of imide groups is 1. The van der Waals surface area contributed by atoms with Gasteiger partial charge in [0.15, 0.2) is 0 Å². The monoisotopic (exact) mass is 194 g/mol. The van der Waals surface area contributed by atoms with Crippen molar-refractivity contribution in [2.75, 3.05) is 13.1 Å². The van der Waals surface area contributed by atoms with Crippen LogP contribution in [0.15, 0.2) is 11.6 Å². The van der Waals surface area contributed by atoms with Crippen LogP contribution < -0.4 is 5.32 Å². The first-order valence-electron chi connectivity index (χ1n) is 4.96. The van der Waals surface area contributed by atoms with Crippen LogP contribution in [-0.2, 0) is 9.59 Å². The lowest BCUT2D eigenvalue weighted by Crippen LogP contribution is -2.37. The molecular formula is C10H14N2O2. The smallest absolute Gasteiger partial charge is 0.256 e.